The summed E-state index contributed by atoms with van der Waals surface area (Å²) >= 11 is 0. The Balaban J connectivity index is 2.07. The van der Waals surface area contributed by atoms with Gasteiger partial charge in [0.05, 0.1) is 12.2 Å². The van der Waals surface area contributed by atoms with Crippen LogP contribution in [0.5, 0.6) is 0 Å². The van der Waals surface area contributed by atoms with E-state index in [4.69, 9.17) is 9.15 Å². The van der Waals surface area contributed by atoms with Crippen molar-refractivity contribution in [3.8, 4) is 0 Å². The van der Waals surface area contributed by atoms with Crippen LogP contribution in [0.3, 0.4) is 0 Å². The summed E-state index contributed by atoms with van der Waals surface area (Å²) in [5.74, 6) is 1.17. The molecule has 1 aromatic rings. The van der Waals surface area contributed by atoms with Gasteiger partial charge in [-0.25, -0.2) is 4.79 Å². The molecule has 0 amide bonds. The number of carbonyl (C=O) groups excluding carboxylic acids is 1. The maximum absolute atomic E-state index is 11.2. The SMILES string of the molecule is CCOC(=O)c1coc(C2CC2)c1. The van der Waals surface area contributed by atoms with Crippen molar-refractivity contribution in [2.75, 3.05) is 6.61 Å². The molecule has 70 valence electrons. The van der Waals surface area contributed by atoms with Gasteiger partial charge in [0, 0.05) is 5.92 Å². The van der Waals surface area contributed by atoms with Gasteiger partial charge in [-0.05, 0) is 25.8 Å². The Morgan fingerprint density at radius 3 is 3.08 bits per heavy atom. The summed E-state index contributed by atoms with van der Waals surface area (Å²) in [5.41, 5.74) is 0.531. The van der Waals surface area contributed by atoms with E-state index in [0.717, 1.165) is 5.76 Å². The van der Waals surface area contributed by atoms with Crippen molar-refractivity contribution in [1.29, 1.82) is 0 Å². The van der Waals surface area contributed by atoms with E-state index in [0.29, 0.717) is 18.1 Å². The van der Waals surface area contributed by atoms with Gasteiger partial charge in [-0.15, -0.1) is 0 Å². The van der Waals surface area contributed by atoms with E-state index in [2.05, 4.69) is 0 Å². The summed E-state index contributed by atoms with van der Waals surface area (Å²) in [6, 6.07) is 1.79. The largest absolute Gasteiger partial charge is 0.468 e. The predicted octanol–water partition coefficient (Wildman–Crippen LogP) is 2.33. The zero-order valence-electron chi connectivity index (χ0n) is 7.58. The molecule has 0 atom stereocenters. The Labute approximate surface area is 76.7 Å². The van der Waals surface area contributed by atoms with E-state index >= 15 is 0 Å². The molecule has 0 saturated heterocycles. The number of hydrogen-bond donors (Lipinski definition) is 0. The molecule has 0 bridgehead atoms. The second kappa shape index (κ2) is 3.24. The van der Waals surface area contributed by atoms with Crippen LogP contribution in [0.25, 0.3) is 0 Å². The highest BCUT2D eigenvalue weighted by atomic mass is 16.5. The molecule has 0 unspecified atom stereocenters. The average molecular weight is 180 g/mol. The topological polar surface area (TPSA) is 39.4 Å². The third-order valence-corrected chi connectivity index (χ3v) is 2.11. The van der Waals surface area contributed by atoms with Crippen LogP contribution >= 0.6 is 0 Å². The molecular formula is C10H12O3. The molecule has 1 aromatic heterocycles. The minimum atomic E-state index is -0.293. The molecule has 0 radical (unpaired) electrons. The molecular weight excluding hydrogens is 168 g/mol. The van der Waals surface area contributed by atoms with Gasteiger partial charge in [-0.2, -0.15) is 0 Å². The first-order valence-corrected chi connectivity index (χ1v) is 4.57. The van der Waals surface area contributed by atoms with Crippen molar-refractivity contribution < 1.29 is 13.9 Å². The van der Waals surface area contributed by atoms with Crippen molar-refractivity contribution in [2.24, 2.45) is 0 Å². The van der Waals surface area contributed by atoms with E-state index in [1.54, 1.807) is 13.0 Å². The lowest BCUT2D eigenvalue weighted by molar-refractivity contribution is 0.0525. The van der Waals surface area contributed by atoms with Crippen molar-refractivity contribution in [3.63, 3.8) is 0 Å². The highest BCUT2D eigenvalue weighted by molar-refractivity contribution is 5.89. The Morgan fingerprint density at radius 1 is 1.69 bits per heavy atom. The molecule has 1 aliphatic carbocycles. The van der Waals surface area contributed by atoms with E-state index in [1.807, 2.05) is 0 Å². The van der Waals surface area contributed by atoms with Gasteiger partial charge in [-0.3, -0.25) is 0 Å². The molecule has 0 aromatic carbocycles. The third-order valence-electron chi connectivity index (χ3n) is 2.11. The molecule has 1 fully saturated rings. The lowest BCUT2D eigenvalue weighted by Crippen LogP contribution is -2.02. The number of esters is 1. The van der Waals surface area contributed by atoms with Gasteiger partial charge < -0.3 is 9.15 Å². The fourth-order valence-electron chi connectivity index (χ4n) is 1.26. The monoisotopic (exact) mass is 180 g/mol. The summed E-state index contributed by atoms with van der Waals surface area (Å²) < 4.78 is 10.1. The van der Waals surface area contributed by atoms with Crippen LogP contribution in [0.15, 0.2) is 16.7 Å². The summed E-state index contributed by atoms with van der Waals surface area (Å²) in [5, 5.41) is 0. The molecule has 1 aliphatic rings. The maximum Gasteiger partial charge on any atom is 0.341 e. The number of carbonyl (C=O) groups is 1. The Morgan fingerprint density at radius 2 is 2.46 bits per heavy atom. The first-order chi connectivity index (χ1) is 6.31. The second-order valence-electron chi connectivity index (χ2n) is 3.23. The summed E-state index contributed by atoms with van der Waals surface area (Å²) in [6.45, 7) is 2.20. The Hall–Kier alpha value is -1.25. The van der Waals surface area contributed by atoms with E-state index in [9.17, 15) is 4.79 Å². The van der Waals surface area contributed by atoms with Gasteiger partial charge >= 0.3 is 5.97 Å². The van der Waals surface area contributed by atoms with Gasteiger partial charge in [0.25, 0.3) is 0 Å². The molecule has 3 heteroatoms. The lowest BCUT2D eigenvalue weighted by atomic mass is 10.2. The van der Waals surface area contributed by atoms with Crippen LogP contribution in [-0.4, -0.2) is 12.6 Å². The van der Waals surface area contributed by atoms with Crippen LogP contribution < -0.4 is 0 Å². The van der Waals surface area contributed by atoms with Gasteiger partial charge in [0.1, 0.15) is 12.0 Å². The van der Waals surface area contributed by atoms with Crippen LogP contribution in [0.1, 0.15) is 41.8 Å². The smallest absolute Gasteiger partial charge is 0.341 e. The van der Waals surface area contributed by atoms with E-state index in [1.165, 1.54) is 19.1 Å². The van der Waals surface area contributed by atoms with Crippen LogP contribution in [0.4, 0.5) is 0 Å². The predicted molar refractivity (Wildman–Crippen MR) is 46.6 cm³/mol. The van der Waals surface area contributed by atoms with Crippen molar-refractivity contribution >= 4 is 5.97 Å². The first kappa shape index (κ1) is 8.35. The number of hydrogen-bond acceptors (Lipinski definition) is 3. The minimum absolute atomic E-state index is 0.293. The fourth-order valence-corrected chi connectivity index (χ4v) is 1.26. The fraction of sp³-hybridized carbons (Fsp3) is 0.500. The summed E-state index contributed by atoms with van der Waals surface area (Å²) in [6.07, 6.45) is 3.83. The van der Waals surface area contributed by atoms with Gasteiger partial charge in [-0.1, -0.05) is 0 Å². The highest BCUT2D eigenvalue weighted by Gasteiger charge is 2.27. The first-order valence-electron chi connectivity index (χ1n) is 4.57. The Bertz CT molecular complexity index is 310. The zero-order chi connectivity index (χ0) is 9.26. The van der Waals surface area contributed by atoms with Crippen LogP contribution in [0, 0.1) is 0 Å². The minimum Gasteiger partial charge on any atom is -0.468 e. The number of furan rings is 1. The Kier molecular flexibility index (Phi) is 2.08. The third kappa shape index (κ3) is 1.74. The molecule has 2 rings (SSSR count). The lowest BCUT2D eigenvalue weighted by Gasteiger charge is -1.95. The molecule has 0 N–H and O–H groups in total. The molecule has 0 spiro atoms. The number of rotatable bonds is 3. The molecule has 0 aliphatic heterocycles. The van der Waals surface area contributed by atoms with Crippen LogP contribution in [-0.2, 0) is 4.74 Å². The molecule has 3 nitrogen and oxygen atoms in total. The van der Waals surface area contributed by atoms with Crippen molar-refractivity contribution in [1.82, 2.24) is 0 Å². The van der Waals surface area contributed by atoms with Gasteiger partial charge in [0.2, 0.25) is 0 Å². The highest BCUT2D eigenvalue weighted by Crippen LogP contribution is 2.40. The standard InChI is InChI=1S/C10H12O3/c1-2-12-10(11)8-5-9(13-6-8)7-3-4-7/h5-7H,2-4H2,1H3. The van der Waals surface area contributed by atoms with Crippen LogP contribution in [0.2, 0.25) is 0 Å². The summed E-state index contributed by atoms with van der Waals surface area (Å²) in [4.78, 5) is 11.2. The van der Waals surface area contributed by atoms with E-state index in [-0.39, 0.29) is 5.97 Å². The summed E-state index contributed by atoms with van der Waals surface area (Å²) in [7, 11) is 0. The second-order valence-corrected chi connectivity index (χ2v) is 3.23. The van der Waals surface area contributed by atoms with E-state index < -0.39 is 0 Å². The van der Waals surface area contributed by atoms with Crippen molar-refractivity contribution in [3.05, 3.63) is 23.7 Å². The molecule has 1 heterocycles. The van der Waals surface area contributed by atoms with Gasteiger partial charge in [0.15, 0.2) is 0 Å². The average Bonchev–Trinajstić information content (AvgIpc) is 2.84. The number of ether oxygens (including phenoxy) is 1. The molecule has 13 heavy (non-hydrogen) atoms. The normalized spacial score (nSPS) is 15.8. The maximum atomic E-state index is 11.2. The zero-order valence-corrected chi connectivity index (χ0v) is 7.58. The molecule has 1 saturated carbocycles. The quantitative estimate of drug-likeness (QED) is 0.670. The van der Waals surface area contributed by atoms with Crippen molar-refractivity contribution in [2.45, 2.75) is 25.7 Å².